The van der Waals surface area contributed by atoms with E-state index < -0.39 is 17.9 Å². The molecule has 1 rings (SSSR count). The van der Waals surface area contributed by atoms with Gasteiger partial charge in [0.15, 0.2) is 5.92 Å². The topological polar surface area (TPSA) is 98.1 Å². The van der Waals surface area contributed by atoms with Gasteiger partial charge in [-0.25, -0.2) is 0 Å². The van der Waals surface area contributed by atoms with Crippen molar-refractivity contribution in [3.05, 3.63) is 0 Å². The number of unbranched alkanes of at least 4 members (excludes halogenated alkanes) is 1. The number of carboxylic acid groups (broad SMARTS) is 2. The third-order valence-corrected chi connectivity index (χ3v) is 4.17. The van der Waals surface area contributed by atoms with E-state index in [1.54, 1.807) is 0 Å². The van der Waals surface area contributed by atoms with E-state index in [0.29, 0.717) is 6.42 Å². The molecule has 1 aliphatic heterocycles. The number of hydroxylamine groups is 2. The Balaban J connectivity index is 0.000000401. The molecule has 0 spiro atoms. The molecule has 130 valence electrons. The first kappa shape index (κ1) is 20.9. The SMILES string of the molecule is CC1(C)CCCC(C)(C)N1O.CCCCC(C(=O)O)C(=O)O. The molecule has 0 aromatic carbocycles. The second-order valence-corrected chi connectivity index (χ2v) is 7.16. The molecule has 0 unspecified atom stereocenters. The summed E-state index contributed by atoms with van der Waals surface area (Å²) in [5, 5.41) is 28.1. The summed E-state index contributed by atoms with van der Waals surface area (Å²) in [6.07, 6.45) is 5.08. The molecule has 1 heterocycles. The van der Waals surface area contributed by atoms with Gasteiger partial charge < -0.3 is 15.4 Å². The highest BCUT2D eigenvalue weighted by Crippen LogP contribution is 2.35. The summed E-state index contributed by atoms with van der Waals surface area (Å²) in [5.41, 5.74) is -0.0799. The van der Waals surface area contributed by atoms with Gasteiger partial charge in [-0.2, -0.15) is 5.06 Å². The van der Waals surface area contributed by atoms with E-state index in [9.17, 15) is 14.8 Å². The number of carbonyl (C=O) groups is 2. The lowest BCUT2D eigenvalue weighted by atomic mass is 9.82. The van der Waals surface area contributed by atoms with E-state index in [2.05, 4.69) is 27.7 Å². The minimum atomic E-state index is -1.24. The predicted molar refractivity (Wildman–Crippen MR) is 83.9 cm³/mol. The normalized spacial score (nSPS) is 20.1. The molecule has 6 nitrogen and oxygen atoms in total. The fraction of sp³-hybridized carbons (Fsp3) is 0.875. The molecule has 0 atom stereocenters. The van der Waals surface area contributed by atoms with Crippen molar-refractivity contribution in [1.82, 2.24) is 5.06 Å². The first-order valence-electron chi connectivity index (χ1n) is 7.90. The number of rotatable bonds is 5. The van der Waals surface area contributed by atoms with Crippen LogP contribution in [0.2, 0.25) is 0 Å². The molecule has 0 saturated carbocycles. The maximum Gasteiger partial charge on any atom is 0.317 e. The van der Waals surface area contributed by atoms with Gasteiger partial charge in [-0.3, -0.25) is 9.59 Å². The Morgan fingerprint density at radius 3 is 1.73 bits per heavy atom. The molecule has 0 aliphatic carbocycles. The number of hydrogen-bond acceptors (Lipinski definition) is 4. The monoisotopic (exact) mass is 317 g/mol. The van der Waals surface area contributed by atoms with Crippen molar-refractivity contribution in [3.63, 3.8) is 0 Å². The van der Waals surface area contributed by atoms with Gasteiger partial charge in [-0.15, -0.1) is 0 Å². The van der Waals surface area contributed by atoms with Gasteiger partial charge in [-0.05, 0) is 53.4 Å². The van der Waals surface area contributed by atoms with Crippen molar-refractivity contribution in [2.45, 2.75) is 84.2 Å². The highest BCUT2D eigenvalue weighted by Gasteiger charge is 2.40. The second-order valence-electron chi connectivity index (χ2n) is 7.16. The van der Waals surface area contributed by atoms with Crippen LogP contribution < -0.4 is 0 Å². The Morgan fingerprint density at radius 2 is 1.45 bits per heavy atom. The smallest absolute Gasteiger partial charge is 0.317 e. The molecule has 1 fully saturated rings. The maximum absolute atomic E-state index is 10.3. The van der Waals surface area contributed by atoms with Gasteiger partial charge in [0.1, 0.15) is 0 Å². The molecule has 0 radical (unpaired) electrons. The molecule has 22 heavy (non-hydrogen) atoms. The van der Waals surface area contributed by atoms with Crippen LogP contribution in [0.25, 0.3) is 0 Å². The van der Waals surface area contributed by atoms with E-state index >= 15 is 0 Å². The summed E-state index contributed by atoms with van der Waals surface area (Å²) in [4.78, 5) is 20.5. The van der Waals surface area contributed by atoms with E-state index in [1.807, 2.05) is 6.92 Å². The van der Waals surface area contributed by atoms with Crippen LogP contribution in [-0.4, -0.2) is 43.5 Å². The van der Waals surface area contributed by atoms with Gasteiger partial charge >= 0.3 is 11.9 Å². The summed E-state index contributed by atoms with van der Waals surface area (Å²) < 4.78 is 0. The Labute approximate surface area is 133 Å². The molecule has 1 saturated heterocycles. The van der Waals surface area contributed by atoms with Gasteiger partial charge in [0.25, 0.3) is 0 Å². The van der Waals surface area contributed by atoms with Gasteiger partial charge in [0, 0.05) is 11.1 Å². The largest absolute Gasteiger partial charge is 0.481 e. The van der Waals surface area contributed by atoms with Gasteiger partial charge in [0.2, 0.25) is 0 Å². The third kappa shape index (κ3) is 6.32. The number of aliphatic carboxylic acids is 2. The fourth-order valence-electron chi connectivity index (χ4n) is 2.75. The van der Waals surface area contributed by atoms with Crippen LogP contribution in [0.4, 0.5) is 0 Å². The molecule has 6 heteroatoms. The minimum absolute atomic E-state index is 0.0399. The van der Waals surface area contributed by atoms with Crippen LogP contribution in [0.15, 0.2) is 0 Å². The minimum Gasteiger partial charge on any atom is -0.481 e. The zero-order valence-electron chi connectivity index (χ0n) is 14.4. The molecule has 0 amide bonds. The fourth-order valence-corrected chi connectivity index (χ4v) is 2.75. The zero-order valence-corrected chi connectivity index (χ0v) is 14.4. The summed E-state index contributed by atoms with van der Waals surface area (Å²) in [5.74, 6) is -3.72. The van der Waals surface area contributed by atoms with E-state index in [0.717, 1.165) is 19.3 Å². The van der Waals surface area contributed by atoms with Crippen molar-refractivity contribution in [2.75, 3.05) is 0 Å². The van der Waals surface area contributed by atoms with Crippen molar-refractivity contribution < 1.29 is 25.0 Å². The Hall–Kier alpha value is -1.14. The van der Waals surface area contributed by atoms with Crippen LogP contribution in [0.5, 0.6) is 0 Å². The van der Waals surface area contributed by atoms with Crippen LogP contribution in [-0.2, 0) is 9.59 Å². The average molecular weight is 317 g/mol. The van der Waals surface area contributed by atoms with Crippen LogP contribution >= 0.6 is 0 Å². The zero-order chi connectivity index (χ0) is 17.6. The Bertz CT molecular complexity index is 349. The molecule has 1 aliphatic rings. The quantitative estimate of drug-likeness (QED) is 0.672. The molecule has 3 N–H and O–H groups in total. The van der Waals surface area contributed by atoms with Crippen molar-refractivity contribution in [1.29, 1.82) is 0 Å². The average Bonchev–Trinajstić information content (AvgIpc) is 2.36. The van der Waals surface area contributed by atoms with Crippen molar-refractivity contribution >= 4 is 11.9 Å². The molecular formula is C16H31NO5. The highest BCUT2D eigenvalue weighted by molar-refractivity contribution is 5.92. The number of piperidine rings is 1. The van der Waals surface area contributed by atoms with Crippen molar-refractivity contribution in [2.24, 2.45) is 5.92 Å². The standard InChI is InChI=1S/C9H19NO.C7H12O4/c1-8(2)6-5-7-9(3,4)10(8)11;1-2-3-4-5(6(8)9)7(10)11/h11H,5-7H2,1-4H3;5H,2-4H2,1H3,(H,8,9)(H,10,11). The number of nitrogens with zero attached hydrogens (tertiary/aromatic N) is 1. The van der Waals surface area contributed by atoms with Crippen molar-refractivity contribution in [3.8, 4) is 0 Å². The lowest BCUT2D eigenvalue weighted by molar-refractivity contribution is -0.241. The predicted octanol–water partition coefficient (Wildman–Crippen LogP) is 3.38. The summed E-state index contributed by atoms with van der Waals surface area (Å²) in [6, 6.07) is 0. The van der Waals surface area contributed by atoms with E-state index in [-0.39, 0.29) is 17.5 Å². The molecule has 0 aromatic rings. The molecule has 0 bridgehead atoms. The lowest BCUT2D eigenvalue weighted by Crippen LogP contribution is -2.56. The second kappa shape index (κ2) is 8.48. The highest BCUT2D eigenvalue weighted by atomic mass is 16.5. The summed E-state index contributed by atoms with van der Waals surface area (Å²) in [6.45, 7) is 10.3. The van der Waals surface area contributed by atoms with E-state index in [4.69, 9.17) is 10.2 Å². The number of carboxylic acids is 2. The first-order chi connectivity index (χ1) is 9.95. The van der Waals surface area contributed by atoms with Crippen LogP contribution in [0, 0.1) is 5.92 Å². The third-order valence-electron chi connectivity index (χ3n) is 4.17. The maximum atomic E-state index is 10.3. The van der Waals surface area contributed by atoms with Gasteiger partial charge in [-0.1, -0.05) is 19.8 Å². The van der Waals surface area contributed by atoms with E-state index in [1.165, 1.54) is 11.5 Å². The summed E-state index contributed by atoms with van der Waals surface area (Å²) >= 11 is 0. The van der Waals surface area contributed by atoms with Gasteiger partial charge in [0.05, 0.1) is 0 Å². The Morgan fingerprint density at radius 1 is 1.05 bits per heavy atom. The Kier molecular flexibility index (Phi) is 8.04. The first-order valence-corrected chi connectivity index (χ1v) is 7.90. The van der Waals surface area contributed by atoms with Crippen LogP contribution in [0.3, 0.4) is 0 Å². The summed E-state index contributed by atoms with van der Waals surface area (Å²) in [7, 11) is 0. The molecular weight excluding hydrogens is 286 g/mol. The lowest BCUT2D eigenvalue weighted by Gasteiger charge is -2.48. The number of hydrogen-bond donors (Lipinski definition) is 3. The molecule has 0 aromatic heterocycles. The van der Waals surface area contributed by atoms with Crippen LogP contribution in [0.1, 0.15) is 73.1 Å².